The Kier molecular flexibility index (Phi) is 6.41. The second kappa shape index (κ2) is 9.50. The summed E-state index contributed by atoms with van der Waals surface area (Å²) in [7, 11) is 0. The molecular formula is C29H33NO5. The first-order valence-corrected chi connectivity index (χ1v) is 12.7. The van der Waals surface area contributed by atoms with Gasteiger partial charge in [0.2, 0.25) is 0 Å². The number of rotatable bonds is 7. The molecule has 6 heteroatoms. The van der Waals surface area contributed by atoms with E-state index in [1.807, 2.05) is 38.1 Å². The number of ether oxygens (including phenoxy) is 1. The highest BCUT2D eigenvalue weighted by atomic mass is 16.5. The standard InChI is InChI=1S/C29H33NO5/c1-18(2)25(24-12-10-20-9-6-14-34-26(20)24)29(33,16-19-7-4-3-5-8-19)28(32)30-22-11-13-23-21(15-22)17-35-27(23)31/h6,9-15,18-19,25,33H,3-5,7-8,16-17H2,1-2H3,(H,30,32). The Morgan fingerprint density at radius 2 is 1.94 bits per heavy atom. The van der Waals surface area contributed by atoms with Crippen molar-refractivity contribution in [1.29, 1.82) is 0 Å². The Morgan fingerprint density at radius 3 is 2.71 bits per heavy atom. The van der Waals surface area contributed by atoms with E-state index >= 15 is 0 Å². The smallest absolute Gasteiger partial charge is 0.338 e. The molecule has 1 fully saturated rings. The molecule has 6 nitrogen and oxygen atoms in total. The minimum Gasteiger partial charge on any atom is -0.464 e. The van der Waals surface area contributed by atoms with Crippen LogP contribution in [0.1, 0.15) is 79.8 Å². The third-order valence-electron chi connectivity index (χ3n) is 7.68. The number of carbonyl (C=O) groups excluding carboxylic acids is 2. The summed E-state index contributed by atoms with van der Waals surface area (Å²) in [4.78, 5) is 25.8. The lowest BCUT2D eigenvalue weighted by Gasteiger charge is -2.40. The highest BCUT2D eigenvalue weighted by Crippen LogP contribution is 2.46. The molecule has 2 aliphatic heterocycles. The van der Waals surface area contributed by atoms with E-state index in [1.165, 1.54) is 6.42 Å². The zero-order chi connectivity index (χ0) is 24.6. The SMILES string of the molecule is CC(C)C(c1ccc2cccoc1-2)C(O)(CC1CCCCC1)C(=O)Nc1ccc2c(c1)COC2=O. The minimum atomic E-state index is -1.63. The molecule has 35 heavy (non-hydrogen) atoms. The molecule has 5 rings (SSSR count). The molecule has 0 bridgehead atoms. The summed E-state index contributed by atoms with van der Waals surface area (Å²) in [6, 6.07) is 12.9. The van der Waals surface area contributed by atoms with E-state index in [0.29, 0.717) is 23.4 Å². The average molecular weight is 476 g/mol. The Labute approximate surface area is 206 Å². The fourth-order valence-electron chi connectivity index (χ4n) is 6.07. The summed E-state index contributed by atoms with van der Waals surface area (Å²) < 4.78 is 11.0. The highest BCUT2D eigenvalue weighted by Gasteiger charge is 2.49. The second-order valence-corrected chi connectivity index (χ2v) is 10.4. The van der Waals surface area contributed by atoms with Crippen LogP contribution in [0.3, 0.4) is 0 Å². The van der Waals surface area contributed by atoms with Crippen molar-refractivity contribution in [3.8, 4) is 11.3 Å². The van der Waals surface area contributed by atoms with Gasteiger partial charge >= 0.3 is 5.97 Å². The number of anilines is 1. The topological polar surface area (TPSA) is 88.8 Å². The molecule has 4 aliphatic rings. The van der Waals surface area contributed by atoms with Crippen molar-refractivity contribution in [2.75, 3.05) is 5.32 Å². The maximum absolute atomic E-state index is 14.0. The van der Waals surface area contributed by atoms with Gasteiger partial charge in [0.05, 0.1) is 11.8 Å². The molecule has 2 unspecified atom stereocenters. The van der Waals surface area contributed by atoms with Gasteiger partial charge in [-0.2, -0.15) is 0 Å². The van der Waals surface area contributed by atoms with Gasteiger partial charge in [0, 0.05) is 28.3 Å². The summed E-state index contributed by atoms with van der Waals surface area (Å²) >= 11 is 0. The molecule has 0 radical (unpaired) electrons. The van der Waals surface area contributed by atoms with Crippen LogP contribution < -0.4 is 5.32 Å². The van der Waals surface area contributed by atoms with Gasteiger partial charge < -0.3 is 19.6 Å². The number of benzene rings is 1. The number of carbonyl (C=O) groups is 2. The fourth-order valence-corrected chi connectivity index (χ4v) is 6.07. The Bertz CT molecular complexity index is 1190. The van der Waals surface area contributed by atoms with Crippen LogP contribution >= 0.6 is 0 Å². The molecule has 1 aromatic carbocycles. The van der Waals surface area contributed by atoms with Crippen LogP contribution in [0.4, 0.5) is 5.69 Å². The van der Waals surface area contributed by atoms with Gasteiger partial charge in [0.15, 0.2) is 5.60 Å². The lowest BCUT2D eigenvalue weighted by molar-refractivity contribution is -0.140. The van der Waals surface area contributed by atoms with E-state index in [2.05, 4.69) is 5.32 Å². The minimum absolute atomic E-state index is 0.0126. The van der Waals surface area contributed by atoms with E-state index in [1.54, 1.807) is 24.5 Å². The molecule has 2 aliphatic carbocycles. The van der Waals surface area contributed by atoms with E-state index in [9.17, 15) is 14.7 Å². The number of nitrogens with one attached hydrogen (secondary N) is 1. The summed E-state index contributed by atoms with van der Waals surface area (Å²) in [5, 5.41) is 15.3. The third-order valence-corrected chi connectivity index (χ3v) is 7.68. The molecule has 1 aromatic rings. The van der Waals surface area contributed by atoms with E-state index in [0.717, 1.165) is 42.4 Å². The molecule has 1 amide bonds. The van der Waals surface area contributed by atoms with Gasteiger partial charge in [-0.15, -0.1) is 0 Å². The Morgan fingerprint density at radius 1 is 1.14 bits per heavy atom. The first-order valence-electron chi connectivity index (χ1n) is 12.7. The monoisotopic (exact) mass is 475 g/mol. The second-order valence-electron chi connectivity index (χ2n) is 10.4. The number of fused-ring (bicyclic) bond motifs is 2. The number of esters is 1. The molecular weight excluding hydrogens is 442 g/mol. The van der Waals surface area contributed by atoms with Gasteiger partial charge in [0.1, 0.15) is 12.4 Å². The first kappa shape index (κ1) is 23.6. The predicted molar refractivity (Wildman–Crippen MR) is 133 cm³/mol. The van der Waals surface area contributed by atoms with E-state index < -0.39 is 17.4 Å². The van der Waals surface area contributed by atoms with Crippen molar-refractivity contribution < 1.29 is 23.8 Å². The summed E-state index contributed by atoms with van der Waals surface area (Å²) in [6.45, 7) is 4.29. The van der Waals surface area contributed by atoms with Gasteiger partial charge in [-0.05, 0) is 48.6 Å². The molecule has 2 heterocycles. The highest BCUT2D eigenvalue weighted by molar-refractivity contribution is 5.99. The molecule has 184 valence electrons. The Balaban J connectivity index is 1.51. The molecule has 2 atom stereocenters. The van der Waals surface area contributed by atoms with Crippen LogP contribution in [0.2, 0.25) is 0 Å². The first-order chi connectivity index (χ1) is 16.9. The molecule has 1 saturated carbocycles. The predicted octanol–water partition coefficient (Wildman–Crippen LogP) is 6.13. The zero-order valence-electron chi connectivity index (χ0n) is 20.4. The average Bonchev–Trinajstić information content (AvgIpc) is 3.43. The number of hydrogen-bond acceptors (Lipinski definition) is 5. The number of hydrogen-bond donors (Lipinski definition) is 2. The van der Waals surface area contributed by atoms with Crippen LogP contribution in [0.5, 0.6) is 0 Å². The Hall–Kier alpha value is -3.12. The van der Waals surface area contributed by atoms with Crippen molar-refractivity contribution in [3.05, 3.63) is 65.4 Å². The van der Waals surface area contributed by atoms with Gasteiger partial charge in [-0.3, -0.25) is 4.79 Å². The molecule has 0 saturated heterocycles. The van der Waals surface area contributed by atoms with Crippen LogP contribution in [-0.4, -0.2) is 22.6 Å². The third kappa shape index (κ3) is 4.47. The molecule has 2 N–H and O–H groups in total. The number of amides is 1. The van der Waals surface area contributed by atoms with Crippen molar-refractivity contribution in [2.24, 2.45) is 11.8 Å². The van der Waals surface area contributed by atoms with E-state index in [4.69, 9.17) is 9.15 Å². The maximum atomic E-state index is 14.0. The summed E-state index contributed by atoms with van der Waals surface area (Å²) in [6.07, 6.45) is 7.53. The van der Waals surface area contributed by atoms with Crippen molar-refractivity contribution in [1.82, 2.24) is 0 Å². The van der Waals surface area contributed by atoms with Crippen LogP contribution in [0.15, 0.2) is 53.1 Å². The lowest BCUT2D eigenvalue weighted by Crippen LogP contribution is -2.51. The van der Waals surface area contributed by atoms with Crippen LogP contribution in [-0.2, 0) is 16.1 Å². The largest absolute Gasteiger partial charge is 0.464 e. The normalized spacial score (nSPS) is 18.8. The zero-order valence-corrected chi connectivity index (χ0v) is 20.4. The quantitative estimate of drug-likeness (QED) is 0.401. The number of cyclic esters (lactones) is 1. The van der Waals surface area contributed by atoms with Crippen LogP contribution in [0, 0.1) is 11.8 Å². The van der Waals surface area contributed by atoms with Crippen molar-refractivity contribution >= 4 is 17.6 Å². The lowest BCUT2D eigenvalue weighted by atomic mass is 9.69. The van der Waals surface area contributed by atoms with Gasteiger partial charge in [-0.25, -0.2) is 4.79 Å². The summed E-state index contributed by atoms with van der Waals surface area (Å²) in [5.41, 5.74) is 1.99. The molecule has 0 aromatic heterocycles. The summed E-state index contributed by atoms with van der Waals surface area (Å²) in [5.74, 6) is -0.233. The van der Waals surface area contributed by atoms with Gasteiger partial charge in [0.25, 0.3) is 5.91 Å². The molecule has 0 spiro atoms. The number of aliphatic hydroxyl groups is 1. The van der Waals surface area contributed by atoms with Crippen LogP contribution in [0.25, 0.3) is 11.3 Å². The van der Waals surface area contributed by atoms with Crippen molar-refractivity contribution in [2.45, 2.75) is 70.5 Å². The van der Waals surface area contributed by atoms with Crippen molar-refractivity contribution in [3.63, 3.8) is 0 Å². The fraction of sp³-hybridized carbons (Fsp3) is 0.448. The van der Waals surface area contributed by atoms with Gasteiger partial charge in [-0.1, -0.05) is 58.1 Å². The van der Waals surface area contributed by atoms with E-state index in [-0.39, 0.29) is 24.4 Å². The maximum Gasteiger partial charge on any atom is 0.338 e.